The van der Waals surface area contributed by atoms with E-state index in [1.165, 1.54) is 0 Å². The number of nitrogens with zero attached hydrogens (tertiary/aromatic N) is 1. The van der Waals surface area contributed by atoms with Crippen LogP contribution >= 0.6 is 0 Å². The number of pyridine rings is 1. The number of ether oxygens (including phenoxy) is 1. The fourth-order valence-electron chi connectivity index (χ4n) is 1.81. The first-order chi connectivity index (χ1) is 8.72. The molecule has 0 radical (unpaired) electrons. The van der Waals surface area contributed by atoms with Crippen molar-refractivity contribution in [1.29, 1.82) is 0 Å². The molecule has 1 aromatic carbocycles. The number of rotatable bonds is 4. The molecule has 0 saturated carbocycles. The van der Waals surface area contributed by atoms with Gasteiger partial charge in [0.05, 0.1) is 5.56 Å². The van der Waals surface area contributed by atoms with Crippen molar-refractivity contribution in [3.8, 4) is 5.75 Å². The van der Waals surface area contributed by atoms with Crippen LogP contribution in [0, 0.1) is 6.92 Å². The van der Waals surface area contributed by atoms with Crippen LogP contribution in [-0.2, 0) is 13.2 Å². The van der Waals surface area contributed by atoms with E-state index in [1.807, 2.05) is 43.3 Å². The van der Waals surface area contributed by atoms with Gasteiger partial charge in [-0.15, -0.1) is 0 Å². The molecule has 0 unspecified atom stereocenters. The zero-order valence-electron chi connectivity index (χ0n) is 10.7. The van der Waals surface area contributed by atoms with Crippen LogP contribution in [0.2, 0.25) is 0 Å². The van der Waals surface area contributed by atoms with E-state index in [-0.39, 0.29) is 5.56 Å². The quantitative estimate of drug-likeness (QED) is 0.826. The van der Waals surface area contributed by atoms with Crippen molar-refractivity contribution in [2.24, 2.45) is 0 Å². The molecule has 3 heteroatoms. The molecular formula is C15H17NO2. The molecule has 0 N–H and O–H groups in total. The van der Waals surface area contributed by atoms with Gasteiger partial charge in [0.2, 0.25) is 0 Å². The molecule has 3 nitrogen and oxygen atoms in total. The smallest absolute Gasteiger partial charge is 0.257 e. The maximum Gasteiger partial charge on any atom is 0.257 e. The molecule has 1 aromatic heterocycles. The van der Waals surface area contributed by atoms with Crippen LogP contribution in [0.5, 0.6) is 5.75 Å². The van der Waals surface area contributed by atoms with Gasteiger partial charge in [-0.3, -0.25) is 4.79 Å². The van der Waals surface area contributed by atoms with Gasteiger partial charge in [-0.1, -0.05) is 30.3 Å². The highest BCUT2D eigenvalue weighted by molar-refractivity contribution is 5.29. The first-order valence-electron chi connectivity index (χ1n) is 6.09. The minimum absolute atomic E-state index is 0.0167. The molecule has 0 aliphatic heterocycles. The molecule has 1 heterocycles. The first kappa shape index (κ1) is 12.4. The van der Waals surface area contributed by atoms with Crippen molar-refractivity contribution in [3.63, 3.8) is 0 Å². The molecular weight excluding hydrogens is 226 g/mol. The van der Waals surface area contributed by atoms with E-state index >= 15 is 0 Å². The Morgan fingerprint density at radius 3 is 2.56 bits per heavy atom. The lowest BCUT2D eigenvalue weighted by Gasteiger charge is -2.10. The maximum absolute atomic E-state index is 11.9. The predicted molar refractivity (Wildman–Crippen MR) is 71.9 cm³/mol. The number of benzene rings is 1. The van der Waals surface area contributed by atoms with Crippen LogP contribution in [0.3, 0.4) is 0 Å². The maximum atomic E-state index is 11.9. The van der Waals surface area contributed by atoms with Gasteiger partial charge < -0.3 is 9.30 Å². The third kappa shape index (κ3) is 2.62. The van der Waals surface area contributed by atoms with Gasteiger partial charge in [-0.25, -0.2) is 0 Å². The van der Waals surface area contributed by atoms with Crippen LogP contribution in [0.25, 0.3) is 0 Å². The fraction of sp³-hybridized carbons (Fsp3) is 0.267. The minimum Gasteiger partial charge on any atom is -0.488 e. The number of hydrogen-bond acceptors (Lipinski definition) is 2. The largest absolute Gasteiger partial charge is 0.488 e. The van der Waals surface area contributed by atoms with Gasteiger partial charge in [0.15, 0.2) is 0 Å². The monoisotopic (exact) mass is 243 g/mol. The van der Waals surface area contributed by atoms with E-state index < -0.39 is 0 Å². The van der Waals surface area contributed by atoms with E-state index in [9.17, 15) is 4.79 Å². The fourth-order valence-corrected chi connectivity index (χ4v) is 1.81. The van der Waals surface area contributed by atoms with Crippen LogP contribution in [0.1, 0.15) is 18.1 Å². The summed E-state index contributed by atoms with van der Waals surface area (Å²) in [7, 11) is 0. The van der Waals surface area contributed by atoms with Crippen LogP contribution in [-0.4, -0.2) is 4.57 Å². The molecule has 0 bridgehead atoms. The molecule has 0 aliphatic rings. The van der Waals surface area contributed by atoms with Crippen LogP contribution in [0.4, 0.5) is 0 Å². The normalized spacial score (nSPS) is 10.3. The molecule has 0 atom stereocenters. The molecule has 2 aromatic rings. The highest BCUT2D eigenvalue weighted by Crippen LogP contribution is 2.14. The molecule has 0 amide bonds. The summed E-state index contributed by atoms with van der Waals surface area (Å²) in [5.41, 5.74) is 1.77. The van der Waals surface area contributed by atoms with E-state index in [0.717, 1.165) is 5.56 Å². The van der Waals surface area contributed by atoms with E-state index in [2.05, 4.69) is 0 Å². The van der Waals surface area contributed by atoms with Crippen molar-refractivity contribution in [3.05, 3.63) is 64.1 Å². The Hall–Kier alpha value is -2.03. The second-order valence-corrected chi connectivity index (χ2v) is 4.17. The average molecular weight is 243 g/mol. The summed E-state index contributed by atoms with van der Waals surface area (Å²) < 4.78 is 7.36. The topological polar surface area (TPSA) is 31.2 Å². The predicted octanol–water partition coefficient (Wildman–Crippen LogP) is 2.76. The molecule has 2 rings (SSSR count). The summed E-state index contributed by atoms with van der Waals surface area (Å²) in [5.74, 6) is 0.661. The van der Waals surface area contributed by atoms with Gasteiger partial charge in [-0.2, -0.15) is 0 Å². The second-order valence-electron chi connectivity index (χ2n) is 4.17. The van der Waals surface area contributed by atoms with Crippen molar-refractivity contribution >= 4 is 0 Å². The Kier molecular flexibility index (Phi) is 3.82. The Labute approximate surface area is 107 Å². The van der Waals surface area contributed by atoms with Gasteiger partial charge >= 0.3 is 0 Å². The van der Waals surface area contributed by atoms with Crippen molar-refractivity contribution < 1.29 is 4.74 Å². The Morgan fingerprint density at radius 1 is 1.17 bits per heavy atom. The van der Waals surface area contributed by atoms with Gasteiger partial charge in [-0.05, 0) is 25.5 Å². The van der Waals surface area contributed by atoms with Crippen molar-refractivity contribution in [1.82, 2.24) is 4.57 Å². The third-order valence-electron chi connectivity index (χ3n) is 2.93. The number of aryl methyl sites for hydroxylation is 1. The lowest BCUT2D eigenvalue weighted by atomic mass is 10.2. The lowest BCUT2D eigenvalue weighted by Crippen LogP contribution is -2.21. The first-order valence-corrected chi connectivity index (χ1v) is 6.09. The molecule has 0 spiro atoms. The van der Waals surface area contributed by atoms with Crippen molar-refractivity contribution in [2.75, 3.05) is 0 Å². The second kappa shape index (κ2) is 5.54. The van der Waals surface area contributed by atoms with Gasteiger partial charge in [0, 0.05) is 12.7 Å². The minimum atomic E-state index is 0.0167. The SMILES string of the molecule is CCn1ccc(OCc2ccccc2)c(C)c1=O. The lowest BCUT2D eigenvalue weighted by molar-refractivity contribution is 0.302. The summed E-state index contributed by atoms with van der Waals surface area (Å²) in [5, 5.41) is 0. The molecule has 0 fully saturated rings. The van der Waals surface area contributed by atoms with E-state index in [1.54, 1.807) is 17.7 Å². The van der Waals surface area contributed by atoms with E-state index in [0.29, 0.717) is 24.5 Å². The summed E-state index contributed by atoms with van der Waals surface area (Å²) in [6.45, 7) is 4.91. The Morgan fingerprint density at radius 2 is 1.89 bits per heavy atom. The third-order valence-corrected chi connectivity index (χ3v) is 2.93. The zero-order valence-corrected chi connectivity index (χ0v) is 10.7. The van der Waals surface area contributed by atoms with Gasteiger partial charge in [0.25, 0.3) is 5.56 Å². The number of hydrogen-bond donors (Lipinski definition) is 0. The highest BCUT2D eigenvalue weighted by Gasteiger charge is 2.06. The average Bonchev–Trinajstić information content (AvgIpc) is 2.42. The molecule has 0 aliphatic carbocycles. The van der Waals surface area contributed by atoms with Crippen LogP contribution < -0.4 is 10.3 Å². The molecule has 18 heavy (non-hydrogen) atoms. The Bertz CT molecular complexity index is 573. The highest BCUT2D eigenvalue weighted by atomic mass is 16.5. The standard InChI is InChI=1S/C15H17NO2/c1-3-16-10-9-14(12(2)15(16)17)18-11-13-7-5-4-6-8-13/h4-10H,3,11H2,1-2H3. The summed E-state index contributed by atoms with van der Waals surface area (Å²) >= 11 is 0. The van der Waals surface area contributed by atoms with Crippen molar-refractivity contribution in [2.45, 2.75) is 27.0 Å². The zero-order chi connectivity index (χ0) is 13.0. The summed E-state index contributed by atoms with van der Waals surface area (Å²) in [6, 6.07) is 11.8. The van der Waals surface area contributed by atoms with Crippen LogP contribution in [0.15, 0.2) is 47.4 Å². The molecule has 0 saturated heterocycles. The van der Waals surface area contributed by atoms with Gasteiger partial charge in [0.1, 0.15) is 12.4 Å². The van der Waals surface area contributed by atoms with E-state index in [4.69, 9.17) is 4.74 Å². The summed E-state index contributed by atoms with van der Waals surface area (Å²) in [6.07, 6.45) is 1.77. The Balaban J connectivity index is 2.16. The number of aromatic nitrogens is 1. The molecule has 94 valence electrons. The summed E-state index contributed by atoms with van der Waals surface area (Å²) in [4.78, 5) is 11.9.